The highest BCUT2D eigenvalue weighted by atomic mass is 31.2. The first-order valence-corrected chi connectivity index (χ1v) is 46.1. The summed E-state index contributed by atoms with van der Waals surface area (Å²) in [6, 6.07) is -1.57. The molecule has 1 fully saturated rings. The van der Waals surface area contributed by atoms with Gasteiger partial charge in [0.05, 0.1) is 32.5 Å². The van der Waals surface area contributed by atoms with Crippen LogP contribution in [-0.4, -0.2) is 144 Å². The Kier molecular flexibility index (Phi) is 72.0. The van der Waals surface area contributed by atoms with Crippen molar-refractivity contribution < 1.29 is 81.2 Å². The molecule has 0 aromatic rings. The molecule has 632 valence electrons. The maximum absolute atomic E-state index is 14.7. The van der Waals surface area contributed by atoms with Crippen molar-refractivity contribution >= 4 is 43.5 Å². The fourth-order valence-electron chi connectivity index (χ4n) is 14.0. The number of carbonyl (C=O) groups is 6. The average Bonchev–Trinajstić information content (AvgIpc) is 0.781. The topological polar surface area (TPSA) is 272 Å². The number of aliphatic hydroxyl groups excluding tert-OH is 1. The van der Waals surface area contributed by atoms with Crippen LogP contribution in [0.1, 0.15) is 428 Å². The second kappa shape index (κ2) is 74.2. The van der Waals surface area contributed by atoms with E-state index in [2.05, 4.69) is 77.8 Å². The molecule has 0 spiro atoms. The number of ether oxygens (including phenoxy) is 6. The van der Waals surface area contributed by atoms with E-state index in [1.807, 2.05) is 0 Å². The zero-order valence-corrected chi connectivity index (χ0v) is 71.0. The Morgan fingerprint density at radius 3 is 0.991 bits per heavy atom. The molecule has 107 heavy (non-hydrogen) atoms. The molecular formula is C86H166N3O17P. The van der Waals surface area contributed by atoms with E-state index in [1.165, 1.54) is 122 Å². The lowest BCUT2D eigenvalue weighted by Gasteiger charge is -2.45. The van der Waals surface area contributed by atoms with Crippen molar-refractivity contribution in [1.82, 2.24) is 15.5 Å². The fraction of sp³-hybridized carbons (Fsp3) is 0.930. The zero-order valence-electron chi connectivity index (χ0n) is 70.1. The maximum atomic E-state index is 14.7. The molecule has 1 heterocycles. The van der Waals surface area contributed by atoms with Crippen LogP contribution in [0.3, 0.4) is 0 Å². The Labute approximate surface area is 653 Å². The van der Waals surface area contributed by atoms with Gasteiger partial charge in [-0.1, -0.05) is 332 Å². The number of unbranched alkanes of at least 4 members (excludes halogenated alkanes) is 42. The fourth-order valence-corrected chi connectivity index (χ4v) is 14.6. The monoisotopic (exact) mass is 1540 g/mol. The second-order valence-electron chi connectivity index (χ2n) is 30.6. The van der Waals surface area contributed by atoms with Crippen molar-refractivity contribution in [1.29, 1.82) is 0 Å². The molecule has 0 aromatic heterocycles. The Bertz CT molecular complexity index is 2130. The number of esters is 4. The second-order valence-corrected chi connectivity index (χ2v) is 31.8. The molecule has 5 N–H and O–H groups in total. The number of carbonyl (C=O) groups excluding carboxylic acids is 6. The molecule has 1 saturated heterocycles. The van der Waals surface area contributed by atoms with Crippen LogP contribution in [-0.2, 0) is 66.3 Å². The summed E-state index contributed by atoms with van der Waals surface area (Å²) in [5.74, 6) is -3.20. The highest BCUT2D eigenvalue weighted by Crippen LogP contribution is 2.42. The van der Waals surface area contributed by atoms with E-state index in [4.69, 9.17) is 32.9 Å². The van der Waals surface area contributed by atoms with Crippen molar-refractivity contribution in [3.63, 3.8) is 0 Å². The molecule has 0 bridgehead atoms. The van der Waals surface area contributed by atoms with Crippen LogP contribution in [0.2, 0.25) is 0 Å². The van der Waals surface area contributed by atoms with Crippen LogP contribution in [0, 0.1) is 0 Å². The van der Waals surface area contributed by atoms with Crippen molar-refractivity contribution in [3.05, 3.63) is 0 Å². The number of phosphoric ester groups is 1. The number of hydrogen-bond donors (Lipinski definition) is 5. The predicted octanol–water partition coefficient (Wildman–Crippen LogP) is 21.1. The lowest BCUT2D eigenvalue weighted by molar-refractivity contribution is -0.270. The predicted molar refractivity (Wildman–Crippen MR) is 434 cm³/mol. The lowest BCUT2D eigenvalue weighted by atomic mass is 9.96. The third kappa shape index (κ3) is 62.9. The van der Waals surface area contributed by atoms with Gasteiger partial charge in [0.15, 0.2) is 12.4 Å². The van der Waals surface area contributed by atoms with Gasteiger partial charge >= 0.3 is 31.7 Å². The minimum absolute atomic E-state index is 0.0806. The van der Waals surface area contributed by atoms with E-state index >= 15 is 0 Å². The van der Waals surface area contributed by atoms with Crippen LogP contribution in [0.5, 0.6) is 0 Å². The van der Waals surface area contributed by atoms with Crippen LogP contribution in [0.4, 0.5) is 0 Å². The summed E-state index contributed by atoms with van der Waals surface area (Å²) in [6.45, 7) is 22.0. The molecule has 1 aliphatic rings. The van der Waals surface area contributed by atoms with E-state index in [9.17, 15) is 48.2 Å². The highest BCUT2D eigenvalue weighted by Gasteiger charge is 2.52. The van der Waals surface area contributed by atoms with Crippen molar-refractivity contribution in [3.8, 4) is 0 Å². The average molecular weight is 1550 g/mol. The Hall–Kier alpha value is -3.23. The molecule has 1 rings (SSSR count). The molecule has 1 aliphatic heterocycles. The van der Waals surface area contributed by atoms with E-state index in [0.29, 0.717) is 44.9 Å². The summed E-state index contributed by atoms with van der Waals surface area (Å²) in [6.07, 6.45) is 42.2. The Morgan fingerprint density at radius 2 is 0.692 bits per heavy atom. The molecule has 0 aromatic carbocycles. The van der Waals surface area contributed by atoms with E-state index < -0.39 is 99.5 Å². The van der Waals surface area contributed by atoms with E-state index in [-0.39, 0.29) is 51.2 Å². The van der Waals surface area contributed by atoms with Gasteiger partial charge in [-0.15, -0.1) is 0 Å². The molecule has 2 amide bonds. The summed E-state index contributed by atoms with van der Waals surface area (Å²) in [7, 11) is -5.46. The first-order chi connectivity index (χ1) is 51.9. The molecule has 0 radical (unpaired) electrons. The quantitative estimate of drug-likeness (QED) is 0.0164. The highest BCUT2D eigenvalue weighted by molar-refractivity contribution is 7.46. The number of aliphatic hydroxyl groups is 1. The maximum Gasteiger partial charge on any atom is 0.470 e. The minimum atomic E-state index is -5.46. The number of hydrogen-bond acceptors (Lipinski definition) is 16. The van der Waals surface area contributed by atoms with Gasteiger partial charge in [0.2, 0.25) is 11.8 Å². The van der Waals surface area contributed by atoms with Gasteiger partial charge in [-0.05, 0) is 77.4 Å². The summed E-state index contributed by atoms with van der Waals surface area (Å²) in [5.41, 5.74) is 0. The minimum Gasteiger partial charge on any atom is -0.462 e. The van der Waals surface area contributed by atoms with E-state index in [0.717, 1.165) is 180 Å². The molecule has 0 aliphatic carbocycles. The number of phosphoric acid groups is 1. The van der Waals surface area contributed by atoms with Crippen LogP contribution < -0.4 is 10.6 Å². The SMILES string of the molecule is CCCCCCCCCCC[C@H](CC(=O)NCCO[C@H]1O[C@H](CO)[C@@H](OP(=O)(O)O)[C@H](OC(=O)C[C@@H](CCCCCCCCCCC)OC(=O)CCCCCCCCC)[C@@H]1NC(=O)C[C@@H](CCCCCCCCCCC)OC(=O)CCCCCCCCC)OC(=O)CCCCCCCCC.CCN(CC)CC. The van der Waals surface area contributed by atoms with Crippen LogP contribution in [0.15, 0.2) is 0 Å². The standard InChI is InChI=1S/C80H151N2O17P.C6H15N/c1-7-13-19-25-31-34-40-43-49-55-67(94-73(86)58-52-46-37-28-22-16-10-4)63-71(84)81-61-62-93-80-77(82-72(85)64-68(56-50-44-41-35-32-26-20-14-8-2)95-74(87)59-53-47-38-29-23-17-11-5)79(78(70(66-83)97-80)99-100(90,91)92)98-76(89)65-69(57-51-45-42-36-33-27-21-15-9-3)96-75(88)60-54-48-39-30-24-18-12-6;1-4-7(5-2)6-3/h67-70,77-80,83H,7-66H2,1-6H3,(H,81,84)(H,82,85)(H2,90,91,92);4-6H2,1-3H3/t67-,68-,69-,70-,77+,78-,79-,80+;/m1./s1. The first kappa shape index (κ1) is 104. The molecule has 21 heteroatoms. The summed E-state index contributed by atoms with van der Waals surface area (Å²) in [4.78, 5) is 107. The lowest BCUT2D eigenvalue weighted by Crippen LogP contribution is -2.66. The van der Waals surface area contributed by atoms with Crippen LogP contribution in [0.25, 0.3) is 0 Å². The van der Waals surface area contributed by atoms with Crippen molar-refractivity contribution in [2.24, 2.45) is 0 Å². The number of amides is 2. The third-order valence-corrected chi connectivity index (χ3v) is 21.2. The van der Waals surface area contributed by atoms with Gasteiger partial charge in [-0.25, -0.2) is 4.57 Å². The number of nitrogens with one attached hydrogen (secondary N) is 2. The number of nitrogens with zero attached hydrogens (tertiary/aromatic N) is 1. The largest absolute Gasteiger partial charge is 0.470 e. The molecule has 0 unspecified atom stereocenters. The molecule has 0 saturated carbocycles. The van der Waals surface area contributed by atoms with Gasteiger partial charge in [-0.2, -0.15) is 0 Å². The summed E-state index contributed by atoms with van der Waals surface area (Å²) < 4.78 is 55.2. The smallest absolute Gasteiger partial charge is 0.462 e. The van der Waals surface area contributed by atoms with Crippen LogP contribution >= 0.6 is 7.82 Å². The molecule has 20 nitrogen and oxygen atoms in total. The van der Waals surface area contributed by atoms with E-state index in [1.54, 1.807) is 0 Å². The third-order valence-electron chi connectivity index (χ3n) is 20.7. The summed E-state index contributed by atoms with van der Waals surface area (Å²) in [5, 5.41) is 16.6. The Balaban J connectivity index is 0.0000152. The van der Waals surface area contributed by atoms with Gasteiger partial charge in [0.1, 0.15) is 36.6 Å². The van der Waals surface area contributed by atoms with Gasteiger partial charge in [0.25, 0.3) is 0 Å². The molecular weight excluding hydrogens is 1380 g/mol. The molecule has 8 atom stereocenters. The van der Waals surface area contributed by atoms with Gasteiger partial charge < -0.3 is 58.8 Å². The van der Waals surface area contributed by atoms with Crippen molar-refractivity contribution in [2.45, 2.75) is 477 Å². The summed E-state index contributed by atoms with van der Waals surface area (Å²) >= 11 is 0. The Morgan fingerprint density at radius 1 is 0.393 bits per heavy atom. The van der Waals surface area contributed by atoms with Crippen molar-refractivity contribution in [2.75, 3.05) is 39.4 Å². The number of rotatable bonds is 75. The first-order valence-electron chi connectivity index (χ1n) is 44.6. The van der Waals surface area contributed by atoms with Gasteiger partial charge in [-0.3, -0.25) is 33.3 Å². The van der Waals surface area contributed by atoms with Gasteiger partial charge in [0, 0.05) is 25.8 Å². The zero-order chi connectivity index (χ0) is 79.1. The normalized spacial score (nSPS) is 16.7.